The van der Waals surface area contributed by atoms with Gasteiger partial charge in [0.15, 0.2) is 28.4 Å². The number of nitrogens with two attached hydrogens (primary N) is 3. The maximum Gasteiger partial charge on any atom is 0.303 e. The number of aromatic nitrogens is 2. The van der Waals surface area contributed by atoms with E-state index in [-0.39, 0.29) is 28.9 Å². The summed E-state index contributed by atoms with van der Waals surface area (Å²) in [7, 11) is 0. The van der Waals surface area contributed by atoms with Crippen LogP contribution in [0.3, 0.4) is 0 Å². The molecule has 1 aromatic heterocycles. The zero-order valence-corrected chi connectivity index (χ0v) is 13.0. The van der Waals surface area contributed by atoms with Gasteiger partial charge in [-0.2, -0.15) is 4.99 Å². The van der Waals surface area contributed by atoms with Gasteiger partial charge in [0.05, 0.1) is 0 Å². The maximum absolute atomic E-state index is 11.7. The quantitative estimate of drug-likeness (QED) is 0.249. The van der Waals surface area contributed by atoms with E-state index in [4.69, 9.17) is 33.9 Å². The van der Waals surface area contributed by atoms with Crippen LogP contribution in [0.2, 0.25) is 5.15 Å². The highest BCUT2D eigenvalue weighted by molar-refractivity contribution is 6.32. The van der Waals surface area contributed by atoms with E-state index in [0.717, 1.165) is 12.8 Å². The van der Waals surface area contributed by atoms with E-state index < -0.39 is 17.8 Å². The van der Waals surface area contributed by atoms with Crippen LogP contribution in [0.15, 0.2) is 4.99 Å². The van der Waals surface area contributed by atoms with Gasteiger partial charge in [0.1, 0.15) is 0 Å². The van der Waals surface area contributed by atoms with Crippen molar-refractivity contribution >= 4 is 41.1 Å². The van der Waals surface area contributed by atoms with Crippen LogP contribution in [0.5, 0.6) is 0 Å². The fraction of sp³-hybridized carbons (Fsp3) is 0.417. The number of carbonyl (C=O) groups is 2. The second kappa shape index (κ2) is 8.73. The number of amides is 1. The molecule has 23 heavy (non-hydrogen) atoms. The molecule has 0 aliphatic heterocycles. The van der Waals surface area contributed by atoms with Crippen molar-refractivity contribution < 1.29 is 14.7 Å². The molecule has 126 valence electrons. The average Bonchev–Trinajstić information content (AvgIpc) is 2.44. The van der Waals surface area contributed by atoms with Gasteiger partial charge in [-0.1, -0.05) is 18.0 Å². The SMILES string of the molecule is NC(N)=NC(=O)c1nc(Cl)c(NCCCCCC(=O)O)nc1N. The topological polar surface area (TPSA) is 183 Å². The van der Waals surface area contributed by atoms with E-state index in [9.17, 15) is 9.59 Å². The van der Waals surface area contributed by atoms with Gasteiger partial charge in [0.25, 0.3) is 0 Å². The van der Waals surface area contributed by atoms with Crippen LogP contribution in [0.25, 0.3) is 0 Å². The van der Waals surface area contributed by atoms with Crippen LogP contribution >= 0.6 is 11.6 Å². The molecule has 1 amide bonds. The van der Waals surface area contributed by atoms with Crippen molar-refractivity contribution in [1.29, 1.82) is 0 Å². The van der Waals surface area contributed by atoms with Crippen molar-refractivity contribution in [2.75, 3.05) is 17.6 Å². The highest BCUT2D eigenvalue weighted by atomic mass is 35.5. The second-order valence-corrected chi connectivity index (χ2v) is 4.93. The number of halogens is 1. The van der Waals surface area contributed by atoms with E-state index in [1.54, 1.807) is 0 Å². The van der Waals surface area contributed by atoms with Gasteiger partial charge < -0.3 is 27.6 Å². The van der Waals surface area contributed by atoms with Crippen molar-refractivity contribution in [2.45, 2.75) is 25.7 Å². The summed E-state index contributed by atoms with van der Waals surface area (Å²) in [6, 6.07) is 0. The Morgan fingerprint density at radius 3 is 2.52 bits per heavy atom. The molecule has 0 atom stereocenters. The molecule has 0 bridgehead atoms. The third-order valence-corrected chi connectivity index (χ3v) is 2.94. The van der Waals surface area contributed by atoms with Crippen LogP contribution < -0.4 is 22.5 Å². The average molecular weight is 344 g/mol. The van der Waals surface area contributed by atoms with Crippen LogP contribution in [0.1, 0.15) is 36.2 Å². The van der Waals surface area contributed by atoms with Crippen molar-refractivity contribution in [1.82, 2.24) is 9.97 Å². The molecular weight excluding hydrogens is 326 g/mol. The van der Waals surface area contributed by atoms with E-state index in [1.165, 1.54) is 0 Å². The number of rotatable bonds is 8. The van der Waals surface area contributed by atoms with Crippen molar-refractivity contribution in [3.05, 3.63) is 10.8 Å². The summed E-state index contributed by atoms with van der Waals surface area (Å²) in [6.45, 7) is 0.509. The molecule has 0 fully saturated rings. The van der Waals surface area contributed by atoms with Gasteiger partial charge in [0.2, 0.25) is 0 Å². The number of nitrogen functional groups attached to an aromatic ring is 1. The Labute approximate surface area is 137 Å². The molecule has 0 aliphatic rings. The van der Waals surface area contributed by atoms with Crippen molar-refractivity contribution in [3.63, 3.8) is 0 Å². The number of carboxylic acids is 1. The number of nitrogens with one attached hydrogen (secondary N) is 1. The largest absolute Gasteiger partial charge is 0.481 e. The molecule has 0 saturated carbocycles. The Bertz CT molecular complexity index is 617. The van der Waals surface area contributed by atoms with E-state index >= 15 is 0 Å². The Hall–Kier alpha value is -2.62. The molecule has 10 nitrogen and oxygen atoms in total. The maximum atomic E-state index is 11.7. The first kappa shape index (κ1) is 18.4. The minimum atomic E-state index is -0.836. The predicted octanol–water partition coefficient (Wildman–Crippen LogP) is 0.183. The summed E-state index contributed by atoms with van der Waals surface area (Å²) in [5, 5.41) is 11.4. The van der Waals surface area contributed by atoms with Crippen LogP contribution in [0, 0.1) is 0 Å². The Kier molecular flexibility index (Phi) is 7.00. The van der Waals surface area contributed by atoms with Gasteiger partial charge >= 0.3 is 11.9 Å². The summed E-state index contributed by atoms with van der Waals surface area (Å²) in [4.78, 5) is 33.1. The number of carbonyl (C=O) groups excluding carboxylic acids is 1. The number of nitrogens with zero attached hydrogens (tertiary/aromatic N) is 3. The van der Waals surface area contributed by atoms with Gasteiger partial charge in [-0.05, 0) is 12.8 Å². The molecule has 0 radical (unpaired) electrons. The predicted molar refractivity (Wildman–Crippen MR) is 86.2 cm³/mol. The molecule has 0 spiro atoms. The number of guanidine groups is 1. The molecule has 0 unspecified atom stereocenters. The monoisotopic (exact) mass is 343 g/mol. The van der Waals surface area contributed by atoms with Gasteiger partial charge in [-0.3, -0.25) is 9.59 Å². The highest BCUT2D eigenvalue weighted by Gasteiger charge is 2.16. The zero-order chi connectivity index (χ0) is 17.4. The number of hydrogen-bond donors (Lipinski definition) is 5. The molecule has 11 heteroatoms. The first-order chi connectivity index (χ1) is 10.8. The lowest BCUT2D eigenvalue weighted by Crippen LogP contribution is -2.25. The lowest BCUT2D eigenvalue weighted by molar-refractivity contribution is -0.137. The minimum Gasteiger partial charge on any atom is -0.481 e. The summed E-state index contributed by atoms with van der Waals surface area (Å²) in [5.74, 6) is -2.00. The number of aliphatic carboxylic acids is 1. The Balaban J connectivity index is 2.62. The minimum absolute atomic E-state index is 0.0427. The molecule has 0 aliphatic carbocycles. The van der Waals surface area contributed by atoms with Gasteiger partial charge in [-0.15, -0.1) is 0 Å². The summed E-state index contributed by atoms with van der Waals surface area (Å²) < 4.78 is 0. The van der Waals surface area contributed by atoms with Gasteiger partial charge in [0, 0.05) is 13.0 Å². The molecule has 0 aromatic carbocycles. The zero-order valence-electron chi connectivity index (χ0n) is 12.3. The number of aliphatic imine (C=N–C) groups is 1. The van der Waals surface area contributed by atoms with Crippen molar-refractivity contribution in [3.8, 4) is 0 Å². The molecule has 8 N–H and O–H groups in total. The van der Waals surface area contributed by atoms with Crippen LogP contribution in [-0.4, -0.2) is 39.5 Å². The molecule has 1 heterocycles. The van der Waals surface area contributed by atoms with E-state index in [0.29, 0.717) is 13.0 Å². The number of anilines is 2. The fourth-order valence-electron chi connectivity index (χ4n) is 1.65. The van der Waals surface area contributed by atoms with Gasteiger partial charge in [-0.25, -0.2) is 9.97 Å². The second-order valence-electron chi connectivity index (χ2n) is 4.57. The first-order valence-corrected chi connectivity index (χ1v) is 7.11. The molecule has 1 aromatic rings. The van der Waals surface area contributed by atoms with Crippen molar-refractivity contribution in [2.24, 2.45) is 16.5 Å². The van der Waals surface area contributed by atoms with Crippen LogP contribution in [0.4, 0.5) is 11.6 Å². The Morgan fingerprint density at radius 1 is 1.22 bits per heavy atom. The lowest BCUT2D eigenvalue weighted by Gasteiger charge is -2.09. The third-order valence-electron chi connectivity index (χ3n) is 2.67. The third kappa shape index (κ3) is 6.34. The first-order valence-electron chi connectivity index (χ1n) is 6.74. The fourth-order valence-corrected chi connectivity index (χ4v) is 1.85. The lowest BCUT2D eigenvalue weighted by atomic mass is 10.2. The Morgan fingerprint density at radius 2 is 1.91 bits per heavy atom. The normalized spacial score (nSPS) is 10.1. The standard InChI is InChI=1S/C12H18ClN7O3/c13-8-10(17-5-3-1-2-4-6(21)22)19-9(14)7(18-8)11(23)20-12(15)16/h1-5H2,(H,21,22)(H3,14,17,19)(H4,15,16,20,23). The highest BCUT2D eigenvalue weighted by Crippen LogP contribution is 2.21. The summed E-state index contributed by atoms with van der Waals surface area (Å²) in [6.07, 6.45) is 2.18. The number of carboxylic acid groups (broad SMARTS) is 1. The molecular formula is C12H18ClN7O3. The molecule has 1 rings (SSSR count). The van der Waals surface area contributed by atoms with Crippen LogP contribution in [-0.2, 0) is 4.79 Å². The number of hydrogen-bond acceptors (Lipinski definition) is 6. The molecule has 0 saturated heterocycles. The summed E-state index contributed by atoms with van der Waals surface area (Å²) in [5.41, 5.74) is 15.6. The van der Waals surface area contributed by atoms with E-state index in [2.05, 4.69) is 20.3 Å². The smallest absolute Gasteiger partial charge is 0.303 e. The van der Waals surface area contributed by atoms with E-state index in [1.807, 2.05) is 0 Å². The number of unbranched alkanes of at least 4 members (excludes halogenated alkanes) is 2. The summed E-state index contributed by atoms with van der Waals surface area (Å²) >= 11 is 5.93.